The molecule has 1 fully saturated rings. The zero-order valence-corrected chi connectivity index (χ0v) is 11.7. The Labute approximate surface area is 112 Å². The number of hydrogen-bond acceptors (Lipinski definition) is 5. The van der Waals surface area contributed by atoms with E-state index in [0.717, 1.165) is 25.7 Å². The normalized spacial score (nSPS) is 25.3. The van der Waals surface area contributed by atoms with E-state index in [4.69, 9.17) is 0 Å². The van der Waals surface area contributed by atoms with Gasteiger partial charge in [0.2, 0.25) is 5.91 Å². The molecule has 1 aliphatic rings. The third-order valence-electron chi connectivity index (χ3n) is 3.01. The van der Waals surface area contributed by atoms with Crippen LogP contribution in [0.5, 0.6) is 0 Å². The van der Waals surface area contributed by atoms with Crippen molar-refractivity contribution in [3.05, 3.63) is 0 Å². The van der Waals surface area contributed by atoms with Crippen molar-refractivity contribution >= 4 is 23.6 Å². The molecule has 3 atom stereocenters. The van der Waals surface area contributed by atoms with Crippen molar-refractivity contribution in [1.82, 2.24) is 5.32 Å². The molecule has 0 radical (unpaired) electrons. The van der Waals surface area contributed by atoms with E-state index >= 15 is 0 Å². The number of rotatable bonds is 5. The summed E-state index contributed by atoms with van der Waals surface area (Å²) >= 11 is 1.53. The van der Waals surface area contributed by atoms with Crippen LogP contribution < -0.4 is 5.32 Å². The van der Waals surface area contributed by atoms with E-state index in [-0.39, 0.29) is 17.3 Å². The quantitative estimate of drug-likeness (QED) is 0.722. The zero-order chi connectivity index (χ0) is 13.5. The van der Waals surface area contributed by atoms with Gasteiger partial charge in [-0.25, -0.2) is 4.79 Å². The maximum atomic E-state index is 11.5. The van der Waals surface area contributed by atoms with Gasteiger partial charge in [-0.3, -0.25) is 4.79 Å². The summed E-state index contributed by atoms with van der Waals surface area (Å²) in [6, 6.07) is -0.633. The third-order valence-corrected chi connectivity index (χ3v) is 4.51. The fourth-order valence-corrected chi connectivity index (χ4v) is 3.40. The van der Waals surface area contributed by atoms with E-state index in [1.165, 1.54) is 25.8 Å². The molecule has 0 bridgehead atoms. The summed E-state index contributed by atoms with van der Waals surface area (Å²) in [6.07, 6.45) is 3.64. The number of esters is 1. The summed E-state index contributed by atoms with van der Waals surface area (Å²) < 4.78 is 4.65. The Morgan fingerprint density at radius 2 is 2.11 bits per heavy atom. The Morgan fingerprint density at radius 1 is 1.44 bits per heavy atom. The molecule has 18 heavy (non-hydrogen) atoms. The number of aliphatic hydroxyl groups excluding tert-OH is 1. The molecular weight excluding hydrogens is 254 g/mol. The van der Waals surface area contributed by atoms with E-state index in [1.54, 1.807) is 0 Å². The number of hydrogen-bond donors (Lipinski definition) is 2. The van der Waals surface area contributed by atoms with Crippen molar-refractivity contribution < 1.29 is 19.4 Å². The highest BCUT2D eigenvalue weighted by Gasteiger charge is 2.27. The molecule has 6 heteroatoms. The largest absolute Gasteiger partial charge is 0.467 e. The minimum absolute atomic E-state index is 0.152. The summed E-state index contributed by atoms with van der Waals surface area (Å²) in [7, 11) is 1.30. The van der Waals surface area contributed by atoms with Gasteiger partial charge in [0.1, 0.15) is 6.04 Å². The first-order chi connectivity index (χ1) is 8.54. The van der Waals surface area contributed by atoms with Crippen LogP contribution in [-0.4, -0.2) is 47.2 Å². The van der Waals surface area contributed by atoms with Crippen LogP contribution in [0.3, 0.4) is 0 Å². The van der Waals surface area contributed by atoms with Gasteiger partial charge >= 0.3 is 5.97 Å². The second-order valence-corrected chi connectivity index (χ2v) is 5.77. The van der Waals surface area contributed by atoms with Crippen LogP contribution in [0.15, 0.2) is 0 Å². The van der Waals surface area contributed by atoms with E-state index in [0.29, 0.717) is 5.75 Å². The number of ether oxygens (including phenoxy) is 1. The number of nitrogens with one attached hydrogen (secondary N) is 1. The summed E-state index contributed by atoms with van der Waals surface area (Å²) in [6.45, 7) is 1.37. The number of amides is 1. The number of carbonyl (C=O) groups is 2. The Hall–Kier alpha value is -0.750. The highest BCUT2D eigenvalue weighted by molar-refractivity contribution is 8.00. The fourth-order valence-electron chi connectivity index (χ4n) is 2.05. The number of carbonyl (C=O) groups excluding carboxylic acids is 2. The van der Waals surface area contributed by atoms with Crippen LogP contribution in [0.25, 0.3) is 0 Å². The lowest BCUT2D eigenvalue weighted by molar-refractivity contribution is -0.144. The molecular formula is C12H21NO4S. The predicted octanol–water partition coefficient (Wildman–Crippen LogP) is 0.701. The SMILES string of the molecule is COC(=O)[C@H](CSC1CCCCC1O)NC(C)=O. The molecule has 104 valence electrons. The predicted molar refractivity (Wildman–Crippen MR) is 70.3 cm³/mol. The molecule has 1 aliphatic carbocycles. The average Bonchev–Trinajstić information content (AvgIpc) is 2.34. The maximum absolute atomic E-state index is 11.5. The van der Waals surface area contributed by atoms with Crippen molar-refractivity contribution in [2.45, 2.75) is 50.0 Å². The van der Waals surface area contributed by atoms with E-state index in [2.05, 4.69) is 10.1 Å². The van der Waals surface area contributed by atoms with E-state index in [1.807, 2.05) is 0 Å². The van der Waals surface area contributed by atoms with Crippen molar-refractivity contribution in [2.24, 2.45) is 0 Å². The highest BCUT2D eigenvalue weighted by atomic mass is 32.2. The van der Waals surface area contributed by atoms with Crippen molar-refractivity contribution in [2.75, 3.05) is 12.9 Å². The van der Waals surface area contributed by atoms with Gasteiger partial charge in [-0.15, -0.1) is 0 Å². The molecule has 0 aromatic rings. The lowest BCUT2D eigenvalue weighted by atomic mass is 9.97. The molecule has 0 aliphatic heterocycles. The molecule has 2 N–H and O–H groups in total. The van der Waals surface area contributed by atoms with Crippen LogP contribution in [0.2, 0.25) is 0 Å². The summed E-state index contributed by atoms with van der Waals surface area (Å²) in [4.78, 5) is 22.5. The number of thioether (sulfide) groups is 1. The minimum Gasteiger partial charge on any atom is -0.467 e. The lowest BCUT2D eigenvalue weighted by Crippen LogP contribution is -2.43. The first-order valence-corrected chi connectivity index (χ1v) is 7.24. The smallest absolute Gasteiger partial charge is 0.329 e. The van der Waals surface area contributed by atoms with Gasteiger partial charge in [-0.05, 0) is 12.8 Å². The van der Waals surface area contributed by atoms with Crippen molar-refractivity contribution in [3.63, 3.8) is 0 Å². The minimum atomic E-state index is -0.633. The molecule has 0 heterocycles. The first-order valence-electron chi connectivity index (χ1n) is 6.19. The Kier molecular flexibility index (Phi) is 6.49. The van der Waals surface area contributed by atoms with Crippen molar-refractivity contribution in [3.8, 4) is 0 Å². The molecule has 1 amide bonds. The summed E-state index contributed by atoms with van der Waals surface area (Å²) in [5.74, 6) is -0.258. The van der Waals surface area contributed by atoms with Gasteiger partial charge in [-0.1, -0.05) is 12.8 Å². The van der Waals surface area contributed by atoms with E-state index < -0.39 is 12.0 Å². The Balaban J connectivity index is 2.45. The Bertz CT molecular complexity index is 298. The molecule has 0 aromatic carbocycles. The standard InChI is InChI=1S/C12H21NO4S/c1-8(14)13-9(12(16)17-2)7-18-11-6-4-3-5-10(11)15/h9-11,15H,3-7H2,1-2H3,(H,13,14)/t9-,10?,11?/m0/s1. The van der Waals surface area contributed by atoms with Gasteiger partial charge in [0, 0.05) is 17.9 Å². The number of aliphatic hydroxyl groups is 1. The highest BCUT2D eigenvalue weighted by Crippen LogP contribution is 2.29. The third kappa shape index (κ3) is 4.86. The van der Waals surface area contributed by atoms with Crippen LogP contribution in [0.4, 0.5) is 0 Å². The average molecular weight is 275 g/mol. The van der Waals surface area contributed by atoms with Crippen LogP contribution >= 0.6 is 11.8 Å². The topological polar surface area (TPSA) is 75.6 Å². The Morgan fingerprint density at radius 3 is 2.67 bits per heavy atom. The van der Waals surface area contributed by atoms with Gasteiger partial charge in [0.15, 0.2) is 0 Å². The summed E-state index contributed by atoms with van der Waals surface area (Å²) in [5.41, 5.74) is 0. The van der Waals surface area contributed by atoms with Crippen LogP contribution in [-0.2, 0) is 14.3 Å². The molecule has 1 saturated carbocycles. The van der Waals surface area contributed by atoms with Gasteiger partial charge < -0.3 is 15.2 Å². The fraction of sp³-hybridized carbons (Fsp3) is 0.833. The van der Waals surface area contributed by atoms with Crippen LogP contribution in [0, 0.1) is 0 Å². The molecule has 5 nitrogen and oxygen atoms in total. The van der Waals surface area contributed by atoms with Crippen LogP contribution in [0.1, 0.15) is 32.6 Å². The molecule has 1 rings (SSSR count). The first kappa shape index (κ1) is 15.3. The lowest BCUT2D eigenvalue weighted by Gasteiger charge is -2.28. The second kappa shape index (κ2) is 7.63. The van der Waals surface area contributed by atoms with E-state index in [9.17, 15) is 14.7 Å². The van der Waals surface area contributed by atoms with Gasteiger partial charge in [-0.2, -0.15) is 11.8 Å². The zero-order valence-electron chi connectivity index (χ0n) is 10.8. The van der Waals surface area contributed by atoms with Crippen molar-refractivity contribution in [1.29, 1.82) is 0 Å². The molecule has 2 unspecified atom stereocenters. The molecule has 0 aromatic heterocycles. The summed E-state index contributed by atoms with van der Waals surface area (Å²) in [5, 5.41) is 12.6. The van der Waals surface area contributed by atoms with Gasteiger partial charge in [0.25, 0.3) is 0 Å². The molecule has 0 spiro atoms. The number of methoxy groups -OCH3 is 1. The molecule has 0 saturated heterocycles. The maximum Gasteiger partial charge on any atom is 0.329 e. The second-order valence-electron chi connectivity index (χ2n) is 4.50. The van der Waals surface area contributed by atoms with Gasteiger partial charge in [0.05, 0.1) is 13.2 Å². The monoisotopic (exact) mass is 275 g/mol.